The zero-order chi connectivity index (χ0) is 22.0. The second-order valence-electron chi connectivity index (χ2n) is 8.44. The Morgan fingerprint density at radius 1 is 1.10 bits per heavy atom. The first-order valence-corrected chi connectivity index (χ1v) is 12.2. The number of benzene rings is 1. The number of hydrogen-bond donors (Lipinski definition) is 0. The van der Waals surface area contributed by atoms with Gasteiger partial charge in [0.15, 0.2) is 0 Å². The van der Waals surface area contributed by atoms with E-state index in [1.807, 2.05) is 41.0 Å². The van der Waals surface area contributed by atoms with Gasteiger partial charge in [-0.2, -0.15) is 0 Å². The van der Waals surface area contributed by atoms with Crippen molar-refractivity contribution >= 4 is 34.8 Å². The van der Waals surface area contributed by atoms with Gasteiger partial charge in [-0.1, -0.05) is 23.7 Å². The normalized spacial score (nSPS) is 20.2. The minimum absolute atomic E-state index is 0.0332. The van der Waals surface area contributed by atoms with Gasteiger partial charge in [0.05, 0.1) is 12.2 Å². The van der Waals surface area contributed by atoms with Crippen LogP contribution >= 0.6 is 22.9 Å². The number of piperazine rings is 1. The largest absolute Gasteiger partial charge is 0.339 e. The molecule has 1 unspecified atom stereocenters. The van der Waals surface area contributed by atoms with Crippen LogP contribution < -0.4 is 0 Å². The van der Waals surface area contributed by atoms with Crippen LogP contribution in [0.1, 0.15) is 41.6 Å². The summed E-state index contributed by atoms with van der Waals surface area (Å²) in [6.45, 7) is 8.07. The number of halogens is 1. The predicted octanol–water partition coefficient (Wildman–Crippen LogP) is 3.93. The van der Waals surface area contributed by atoms with E-state index in [4.69, 9.17) is 11.6 Å². The second kappa shape index (κ2) is 9.67. The first-order valence-electron chi connectivity index (χ1n) is 11.0. The number of rotatable bonds is 4. The van der Waals surface area contributed by atoms with Gasteiger partial charge >= 0.3 is 0 Å². The van der Waals surface area contributed by atoms with Gasteiger partial charge in [-0.3, -0.25) is 14.5 Å². The smallest absolute Gasteiger partial charge is 0.265 e. The van der Waals surface area contributed by atoms with Crippen LogP contribution in [-0.2, 0) is 4.79 Å². The fourth-order valence-electron chi connectivity index (χ4n) is 4.31. The molecule has 1 atom stereocenters. The fraction of sp³-hybridized carbons (Fsp3) is 0.522. The van der Waals surface area contributed by atoms with Crippen molar-refractivity contribution in [1.29, 1.82) is 0 Å². The van der Waals surface area contributed by atoms with Crippen molar-refractivity contribution in [3.63, 3.8) is 0 Å². The number of likely N-dealkylation sites (tertiary alicyclic amines) is 1. The molecule has 1 aromatic carbocycles. The van der Waals surface area contributed by atoms with Crippen molar-refractivity contribution in [2.45, 2.75) is 39.2 Å². The molecule has 1 aromatic heterocycles. The minimum atomic E-state index is 0.0332. The third kappa shape index (κ3) is 5.10. The number of piperidine rings is 1. The highest BCUT2D eigenvalue weighted by Crippen LogP contribution is 2.30. The van der Waals surface area contributed by atoms with E-state index in [0.717, 1.165) is 48.7 Å². The predicted molar refractivity (Wildman–Crippen MR) is 125 cm³/mol. The molecule has 0 radical (unpaired) electrons. The average molecular weight is 461 g/mol. The number of carbonyl (C=O) groups excluding carboxylic acids is 2. The topological polar surface area (TPSA) is 56.8 Å². The first kappa shape index (κ1) is 22.2. The van der Waals surface area contributed by atoms with Gasteiger partial charge in [0.1, 0.15) is 9.88 Å². The summed E-state index contributed by atoms with van der Waals surface area (Å²) >= 11 is 7.41. The zero-order valence-electron chi connectivity index (χ0n) is 18.1. The summed E-state index contributed by atoms with van der Waals surface area (Å²) in [6.07, 6.45) is 3.41. The van der Waals surface area contributed by atoms with E-state index < -0.39 is 0 Å². The lowest BCUT2D eigenvalue weighted by molar-refractivity contribution is -0.136. The Morgan fingerprint density at radius 2 is 1.81 bits per heavy atom. The maximum atomic E-state index is 13.1. The quantitative estimate of drug-likeness (QED) is 0.693. The lowest BCUT2D eigenvalue weighted by atomic mass is 10.0. The van der Waals surface area contributed by atoms with E-state index in [0.29, 0.717) is 35.6 Å². The molecule has 6 nitrogen and oxygen atoms in total. The highest BCUT2D eigenvalue weighted by atomic mass is 35.5. The van der Waals surface area contributed by atoms with Crippen molar-refractivity contribution < 1.29 is 9.59 Å². The number of aryl methyl sites for hydroxylation is 1. The highest BCUT2D eigenvalue weighted by molar-refractivity contribution is 7.17. The molecule has 166 valence electrons. The van der Waals surface area contributed by atoms with Crippen LogP contribution in [0.25, 0.3) is 10.6 Å². The molecule has 3 heterocycles. The molecular weight excluding hydrogens is 432 g/mol. The molecule has 0 aliphatic carbocycles. The van der Waals surface area contributed by atoms with Gasteiger partial charge in [0.25, 0.3) is 5.91 Å². The third-order valence-electron chi connectivity index (χ3n) is 6.22. The molecule has 2 fully saturated rings. The van der Waals surface area contributed by atoms with Crippen LogP contribution in [0.2, 0.25) is 5.02 Å². The van der Waals surface area contributed by atoms with E-state index in [1.54, 1.807) is 0 Å². The maximum absolute atomic E-state index is 13.1. The first-order chi connectivity index (χ1) is 14.9. The van der Waals surface area contributed by atoms with Gasteiger partial charge in [0.2, 0.25) is 5.91 Å². The zero-order valence-corrected chi connectivity index (χ0v) is 19.7. The van der Waals surface area contributed by atoms with Crippen molar-refractivity contribution in [3.8, 4) is 10.6 Å². The molecule has 2 aliphatic heterocycles. The van der Waals surface area contributed by atoms with E-state index in [1.165, 1.54) is 17.8 Å². The van der Waals surface area contributed by atoms with Gasteiger partial charge < -0.3 is 9.80 Å². The number of hydrogen-bond acceptors (Lipinski definition) is 5. The van der Waals surface area contributed by atoms with Crippen LogP contribution in [0, 0.1) is 6.92 Å². The fourth-order valence-corrected chi connectivity index (χ4v) is 5.48. The van der Waals surface area contributed by atoms with Gasteiger partial charge in [-0.25, -0.2) is 4.98 Å². The summed E-state index contributed by atoms with van der Waals surface area (Å²) in [5.74, 6) is 0.253. The molecular formula is C23H29ClN4O2S. The van der Waals surface area contributed by atoms with Crippen LogP contribution in [0.3, 0.4) is 0 Å². The molecule has 2 saturated heterocycles. The lowest BCUT2D eigenvalue weighted by Gasteiger charge is -2.38. The molecule has 0 saturated carbocycles. The number of nitrogens with zero attached hydrogens (tertiary/aromatic N) is 4. The molecule has 0 N–H and O–H groups in total. The maximum Gasteiger partial charge on any atom is 0.265 e. The Balaban J connectivity index is 1.34. The minimum Gasteiger partial charge on any atom is -0.339 e. The molecule has 2 aliphatic rings. The number of amides is 2. The molecule has 2 amide bonds. The molecule has 31 heavy (non-hydrogen) atoms. The summed E-state index contributed by atoms with van der Waals surface area (Å²) in [5, 5.41) is 1.51. The highest BCUT2D eigenvalue weighted by Gasteiger charge is 2.29. The Morgan fingerprint density at radius 3 is 2.48 bits per heavy atom. The standard InChI is InChI=1S/C23H29ClN4O2S/c1-16-5-3-4-10-28(16)20(29)15-26-11-13-27(14-12-26)23(30)21-17(2)25-22(31-21)18-6-8-19(24)9-7-18/h6-9,16H,3-5,10-15H2,1-2H3. The Bertz CT molecular complexity index is 938. The van der Waals surface area contributed by atoms with E-state index in [2.05, 4.69) is 16.8 Å². The van der Waals surface area contributed by atoms with E-state index in [-0.39, 0.29) is 11.8 Å². The number of aromatic nitrogens is 1. The molecule has 8 heteroatoms. The summed E-state index contributed by atoms with van der Waals surface area (Å²) < 4.78 is 0. The SMILES string of the molecule is Cc1nc(-c2ccc(Cl)cc2)sc1C(=O)N1CCN(CC(=O)N2CCCCC2C)CC1. The monoisotopic (exact) mass is 460 g/mol. The molecule has 2 aromatic rings. The van der Waals surface area contributed by atoms with Gasteiger partial charge in [-0.15, -0.1) is 11.3 Å². The average Bonchev–Trinajstić information content (AvgIpc) is 3.16. The van der Waals surface area contributed by atoms with Crippen LogP contribution in [0.4, 0.5) is 0 Å². The van der Waals surface area contributed by atoms with Crippen LogP contribution in [0.15, 0.2) is 24.3 Å². The number of thiazole rings is 1. The molecule has 0 spiro atoms. The summed E-state index contributed by atoms with van der Waals surface area (Å²) in [5.41, 5.74) is 1.73. The van der Waals surface area contributed by atoms with Crippen molar-refractivity contribution in [2.24, 2.45) is 0 Å². The summed E-state index contributed by atoms with van der Waals surface area (Å²) in [4.78, 5) is 37.2. The van der Waals surface area contributed by atoms with E-state index >= 15 is 0 Å². The number of carbonyl (C=O) groups is 2. The van der Waals surface area contributed by atoms with Crippen LogP contribution in [-0.4, -0.2) is 76.8 Å². The van der Waals surface area contributed by atoms with Crippen molar-refractivity contribution in [2.75, 3.05) is 39.3 Å². The lowest BCUT2D eigenvalue weighted by Crippen LogP contribution is -2.53. The summed E-state index contributed by atoms with van der Waals surface area (Å²) in [7, 11) is 0. The second-order valence-corrected chi connectivity index (χ2v) is 9.88. The summed E-state index contributed by atoms with van der Waals surface area (Å²) in [6, 6.07) is 7.86. The Hall–Kier alpha value is -1.96. The van der Waals surface area contributed by atoms with Crippen molar-refractivity contribution in [1.82, 2.24) is 19.7 Å². The Kier molecular flexibility index (Phi) is 6.94. The molecule has 0 bridgehead atoms. The molecule has 4 rings (SSSR count). The van der Waals surface area contributed by atoms with Gasteiger partial charge in [0, 0.05) is 49.4 Å². The van der Waals surface area contributed by atoms with Crippen LogP contribution in [0.5, 0.6) is 0 Å². The third-order valence-corrected chi connectivity index (χ3v) is 7.67. The van der Waals surface area contributed by atoms with Crippen molar-refractivity contribution in [3.05, 3.63) is 39.9 Å². The van der Waals surface area contributed by atoms with Gasteiger partial charge in [-0.05, 0) is 45.2 Å². The van der Waals surface area contributed by atoms with E-state index in [9.17, 15) is 9.59 Å². The Labute approximate surface area is 192 Å².